The van der Waals surface area contributed by atoms with Gasteiger partial charge in [0.05, 0.1) is 18.3 Å². The third-order valence-corrected chi connectivity index (χ3v) is 4.50. The highest BCUT2D eigenvalue weighted by Gasteiger charge is 2.19. The van der Waals surface area contributed by atoms with Gasteiger partial charge in [0.15, 0.2) is 0 Å². The van der Waals surface area contributed by atoms with Crippen molar-refractivity contribution in [1.82, 2.24) is 9.55 Å². The zero-order valence-electron chi connectivity index (χ0n) is 11.8. The Hall–Kier alpha value is -2.94. The number of aryl methyl sites for hydroxylation is 1. The number of furan rings is 1. The first kappa shape index (κ1) is 15.0. The van der Waals surface area contributed by atoms with Crippen LogP contribution in [0.25, 0.3) is 10.2 Å². The fourth-order valence-electron chi connectivity index (χ4n) is 2.22. The van der Waals surface area contributed by atoms with Crippen molar-refractivity contribution in [2.24, 2.45) is 0 Å². The molecule has 0 fully saturated rings. The van der Waals surface area contributed by atoms with E-state index in [1.54, 1.807) is 6.92 Å². The van der Waals surface area contributed by atoms with Crippen LogP contribution in [0.4, 0.5) is 0 Å². The molecule has 3 rings (SSSR count). The first-order valence-electron chi connectivity index (χ1n) is 6.42. The molecular formula is C14H10N2O6S. The summed E-state index contributed by atoms with van der Waals surface area (Å²) in [6.07, 6.45) is 1.29. The average Bonchev–Trinajstić information content (AvgIpc) is 3.07. The number of thiophene rings is 1. The third-order valence-electron chi connectivity index (χ3n) is 3.31. The lowest BCUT2D eigenvalue weighted by molar-refractivity contribution is 0.0657. The van der Waals surface area contributed by atoms with E-state index in [0.717, 1.165) is 11.3 Å². The van der Waals surface area contributed by atoms with E-state index in [2.05, 4.69) is 4.98 Å². The zero-order chi connectivity index (χ0) is 16.7. The van der Waals surface area contributed by atoms with Gasteiger partial charge in [0, 0.05) is 0 Å². The monoisotopic (exact) mass is 334 g/mol. The van der Waals surface area contributed by atoms with E-state index in [4.69, 9.17) is 14.6 Å². The molecule has 0 bridgehead atoms. The number of carboxylic acid groups (broad SMARTS) is 2. The summed E-state index contributed by atoms with van der Waals surface area (Å²) in [5.41, 5.74) is -0.0282. The summed E-state index contributed by atoms with van der Waals surface area (Å²) in [6.45, 7) is 1.57. The summed E-state index contributed by atoms with van der Waals surface area (Å²) in [7, 11) is 0. The predicted molar refractivity (Wildman–Crippen MR) is 80.3 cm³/mol. The number of aromatic nitrogens is 2. The van der Waals surface area contributed by atoms with Crippen LogP contribution in [0.5, 0.6) is 0 Å². The Kier molecular flexibility index (Phi) is 3.49. The molecule has 3 aromatic heterocycles. The molecule has 0 radical (unpaired) electrons. The van der Waals surface area contributed by atoms with Crippen LogP contribution in [0.15, 0.2) is 27.7 Å². The molecule has 8 nitrogen and oxygen atoms in total. The molecule has 0 aromatic carbocycles. The lowest BCUT2D eigenvalue weighted by atomic mass is 10.2. The van der Waals surface area contributed by atoms with Crippen LogP contribution in [0, 0.1) is 6.92 Å². The second-order valence-electron chi connectivity index (χ2n) is 4.79. The molecule has 0 atom stereocenters. The summed E-state index contributed by atoms with van der Waals surface area (Å²) in [5.74, 6) is -2.23. The Morgan fingerprint density at radius 3 is 2.65 bits per heavy atom. The predicted octanol–water partition coefficient (Wildman–Crippen LogP) is 1.80. The van der Waals surface area contributed by atoms with Gasteiger partial charge in [-0.25, -0.2) is 14.6 Å². The van der Waals surface area contributed by atoms with Crippen LogP contribution in [0.3, 0.4) is 0 Å². The smallest absolute Gasteiger partial charge is 0.371 e. The van der Waals surface area contributed by atoms with Crippen molar-refractivity contribution in [1.29, 1.82) is 0 Å². The van der Waals surface area contributed by atoms with E-state index >= 15 is 0 Å². The van der Waals surface area contributed by atoms with Crippen LogP contribution in [0.1, 0.15) is 31.6 Å². The topological polar surface area (TPSA) is 123 Å². The second kappa shape index (κ2) is 5.36. The van der Waals surface area contributed by atoms with E-state index in [0.29, 0.717) is 10.4 Å². The largest absolute Gasteiger partial charge is 0.477 e. The minimum Gasteiger partial charge on any atom is -0.477 e. The van der Waals surface area contributed by atoms with Crippen molar-refractivity contribution in [3.63, 3.8) is 0 Å². The molecule has 118 valence electrons. The van der Waals surface area contributed by atoms with Crippen molar-refractivity contribution in [3.8, 4) is 0 Å². The zero-order valence-corrected chi connectivity index (χ0v) is 12.6. The second-order valence-corrected chi connectivity index (χ2v) is 5.79. The molecule has 0 aliphatic carbocycles. The maximum absolute atomic E-state index is 12.5. The fourth-order valence-corrected chi connectivity index (χ4v) is 3.20. The Balaban J connectivity index is 2.06. The average molecular weight is 334 g/mol. The SMILES string of the molecule is Cc1c(C(=O)O)sc2ncn(Cc3ccc(C(=O)O)o3)c(=O)c12. The van der Waals surface area contributed by atoms with Crippen LogP contribution >= 0.6 is 11.3 Å². The van der Waals surface area contributed by atoms with E-state index in [9.17, 15) is 14.4 Å². The molecule has 0 aliphatic rings. The lowest BCUT2D eigenvalue weighted by Gasteiger charge is -2.03. The highest BCUT2D eigenvalue weighted by Crippen LogP contribution is 2.26. The van der Waals surface area contributed by atoms with Crippen LogP contribution in [0.2, 0.25) is 0 Å². The lowest BCUT2D eigenvalue weighted by Crippen LogP contribution is -2.21. The Morgan fingerprint density at radius 2 is 2.04 bits per heavy atom. The molecule has 9 heteroatoms. The molecule has 0 spiro atoms. The summed E-state index contributed by atoms with van der Waals surface area (Å²) < 4.78 is 6.36. The van der Waals surface area contributed by atoms with Gasteiger partial charge in [-0.1, -0.05) is 0 Å². The molecule has 2 N–H and O–H groups in total. The summed E-state index contributed by atoms with van der Waals surface area (Å²) >= 11 is 0.944. The van der Waals surface area contributed by atoms with Crippen LogP contribution in [-0.2, 0) is 6.54 Å². The molecule has 0 unspecified atom stereocenters. The Morgan fingerprint density at radius 1 is 1.30 bits per heavy atom. The standard InChI is InChI=1S/C14H10N2O6S/c1-6-9-11(23-10(6)14(20)21)15-5-16(12(9)17)4-7-2-3-8(22-7)13(18)19/h2-3,5H,4H2,1H3,(H,18,19)(H,20,21). The van der Waals surface area contributed by atoms with Gasteiger partial charge in [0.2, 0.25) is 5.76 Å². The highest BCUT2D eigenvalue weighted by molar-refractivity contribution is 7.20. The summed E-state index contributed by atoms with van der Waals surface area (Å²) in [5, 5.41) is 18.2. The molecule has 3 aromatic rings. The van der Waals surface area contributed by atoms with Gasteiger partial charge in [-0.3, -0.25) is 9.36 Å². The van der Waals surface area contributed by atoms with Crippen molar-refractivity contribution < 1.29 is 24.2 Å². The number of aromatic carboxylic acids is 2. The summed E-state index contributed by atoms with van der Waals surface area (Å²) in [4.78, 5) is 39.0. The number of hydrogen-bond donors (Lipinski definition) is 2. The van der Waals surface area contributed by atoms with Crippen molar-refractivity contribution in [2.75, 3.05) is 0 Å². The van der Waals surface area contributed by atoms with Crippen molar-refractivity contribution >= 4 is 33.5 Å². The summed E-state index contributed by atoms with van der Waals surface area (Å²) in [6, 6.07) is 2.76. The van der Waals surface area contributed by atoms with E-state index in [1.807, 2.05) is 0 Å². The number of rotatable bonds is 4. The maximum atomic E-state index is 12.5. The fraction of sp³-hybridized carbons (Fsp3) is 0.143. The van der Waals surface area contributed by atoms with Gasteiger partial charge in [0.25, 0.3) is 5.56 Å². The first-order valence-corrected chi connectivity index (χ1v) is 7.24. The van der Waals surface area contributed by atoms with Crippen LogP contribution in [-0.4, -0.2) is 31.7 Å². The molecule has 23 heavy (non-hydrogen) atoms. The van der Waals surface area contributed by atoms with E-state index < -0.39 is 17.5 Å². The molecular weight excluding hydrogens is 324 g/mol. The Labute approximate surface area is 132 Å². The van der Waals surface area contributed by atoms with Gasteiger partial charge in [-0.15, -0.1) is 11.3 Å². The molecule has 0 saturated heterocycles. The number of fused-ring (bicyclic) bond motifs is 1. The molecule has 3 heterocycles. The molecule has 0 saturated carbocycles. The quantitative estimate of drug-likeness (QED) is 0.745. The van der Waals surface area contributed by atoms with Gasteiger partial charge in [-0.2, -0.15) is 0 Å². The third kappa shape index (κ3) is 2.50. The maximum Gasteiger partial charge on any atom is 0.371 e. The number of nitrogens with zero attached hydrogens (tertiary/aromatic N) is 2. The van der Waals surface area contributed by atoms with Crippen LogP contribution < -0.4 is 5.56 Å². The van der Waals surface area contributed by atoms with E-state index in [-0.39, 0.29) is 28.3 Å². The van der Waals surface area contributed by atoms with Crippen molar-refractivity contribution in [2.45, 2.75) is 13.5 Å². The van der Waals surface area contributed by atoms with Gasteiger partial charge >= 0.3 is 11.9 Å². The van der Waals surface area contributed by atoms with Gasteiger partial charge < -0.3 is 14.6 Å². The number of hydrogen-bond acceptors (Lipinski definition) is 6. The highest BCUT2D eigenvalue weighted by atomic mass is 32.1. The number of carbonyl (C=O) groups is 2. The first-order chi connectivity index (χ1) is 10.9. The van der Waals surface area contributed by atoms with E-state index in [1.165, 1.54) is 23.0 Å². The normalized spacial score (nSPS) is 11.0. The minimum absolute atomic E-state index is 0.00669. The van der Waals surface area contributed by atoms with Gasteiger partial charge in [-0.05, 0) is 24.6 Å². The molecule has 0 aliphatic heterocycles. The van der Waals surface area contributed by atoms with Gasteiger partial charge in [0.1, 0.15) is 15.5 Å². The number of carboxylic acids is 2. The minimum atomic E-state index is -1.20. The van der Waals surface area contributed by atoms with Crippen molar-refractivity contribution in [3.05, 3.63) is 50.8 Å². The molecule has 0 amide bonds. The Bertz CT molecular complexity index is 997.